The zero-order valence-corrected chi connectivity index (χ0v) is 19.1. The standard InChI is InChI=1S/C26H28N6O/c1-20-18-32-24(25(27-20)29(2)19-21-9-5-3-6-10-21)17-23(28-32)26(33)31-15-13-30(14-16-31)22-11-7-4-8-12-22/h3-12,17-18H,13-16,19H2,1-2H3. The van der Waals surface area contributed by atoms with E-state index in [1.54, 1.807) is 4.52 Å². The van der Waals surface area contributed by atoms with Gasteiger partial charge in [0.2, 0.25) is 0 Å². The number of carbonyl (C=O) groups is 1. The predicted molar refractivity (Wildman–Crippen MR) is 131 cm³/mol. The molecule has 1 aliphatic rings. The van der Waals surface area contributed by atoms with E-state index in [1.807, 2.05) is 67.5 Å². The van der Waals surface area contributed by atoms with E-state index in [9.17, 15) is 4.79 Å². The molecule has 0 radical (unpaired) electrons. The molecule has 7 heteroatoms. The predicted octanol–water partition coefficient (Wildman–Crippen LogP) is 3.64. The van der Waals surface area contributed by atoms with Gasteiger partial charge in [0, 0.05) is 51.5 Å². The fraction of sp³-hybridized carbons (Fsp3) is 0.269. The Bertz CT molecular complexity index is 1250. The normalized spacial score (nSPS) is 14.0. The highest BCUT2D eigenvalue weighted by Crippen LogP contribution is 2.23. The van der Waals surface area contributed by atoms with E-state index >= 15 is 0 Å². The molecular formula is C26H28N6O. The fourth-order valence-electron chi connectivity index (χ4n) is 4.38. The summed E-state index contributed by atoms with van der Waals surface area (Å²) >= 11 is 0. The van der Waals surface area contributed by atoms with Crippen LogP contribution in [0.3, 0.4) is 0 Å². The molecule has 0 N–H and O–H groups in total. The summed E-state index contributed by atoms with van der Waals surface area (Å²) in [6.07, 6.45) is 1.87. The average Bonchev–Trinajstić information content (AvgIpc) is 3.28. The average molecular weight is 441 g/mol. The number of piperazine rings is 1. The summed E-state index contributed by atoms with van der Waals surface area (Å²) in [5.74, 6) is 0.792. The number of hydrogen-bond acceptors (Lipinski definition) is 5. The highest BCUT2D eigenvalue weighted by Gasteiger charge is 2.25. The quantitative estimate of drug-likeness (QED) is 0.474. The van der Waals surface area contributed by atoms with E-state index in [0.717, 1.165) is 36.7 Å². The molecule has 1 saturated heterocycles. The molecule has 0 unspecified atom stereocenters. The first-order valence-electron chi connectivity index (χ1n) is 11.3. The molecule has 0 aliphatic carbocycles. The number of benzene rings is 2. The second-order valence-corrected chi connectivity index (χ2v) is 8.52. The lowest BCUT2D eigenvalue weighted by Gasteiger charge is -2.35. The van der Waals surface area contributed by atoms with E-state index in [1.165, 1.54) is 11.3 Å². The minimum atomic E-state index is -0.0271. The summed E-state index contributed by atoms with van der Waals surface area (Å²) in [6, 6.07) is 22.5. The van der Waals surface area contributed by atoms with Crippen LogP contribution in [0.4, 0.5) is 11.5 Å². The van der Waals surface area contributed by atoms with Gasteiger partial charge < -0.3 is 14.7 Å². The van der Waals surface area contributed by atoms with Crippen molar-refractivity contribution < 1.29 is 4.79 Å². The Morgan fingerprint density at radius 1 is 0.970 bits per heavy atom. The summed E-state index contributed by atoms with van der Waals surface area (Å²) in [5.41, 5.74) is 4.56. The molecular weight excluding hydrogens is 412 g/mol. The van der Waals surface area contributed by atoms with Crippen molar-refractivity contribution in [1.82, 2.24) is 19.5 Å². The summed E-state index contributed by atoms with van der Waals surface area (Å²) in [5, 5.41) is 4.62. The van der Waals surface area contributed by atoms with Crippen LogP contribution in [0.5, 0.6) is 0 Å². The van der Waals surface area contributed by atoms with Crippen molar-refractivity contribution in [2.75, 3.05) is 43.0 Å². The summed E-state index contributed by atoms with van der Waals surface area (Å²) in [6.45, 7) is 5.66. The lowest BCUT2D eigenvalue weighted by molar-refractivity contribution is 0.0740. The molecule has 3 heterocycles. The van der Waals surface area contributed by atoms with E-state index in [0.29, 0.717) is 18.8 Å². The number of anilines is 2. The molecule has 1 amide bonds. The smallest absolute Gasteiger partial charge is 0.274 e. The summed E-state index contributed by atoms with van der Waals surface area (Å²) in [7, 11) is 2.02. The minimum Gasteiger partial charge on any atom is -0.368 e. The van der Waals surface area contributed by atoms with Gasteiger partial charge in [0.1, 0.15) is 5.52 Å². The van der Waals surface area contributed by atoms with Crippen LogP contribution in [0.15, 0.2) is 72.9 Å². The maximum Gasteiger partial charge on any atom is 0.274 e. The number of rotatable bonds is 5. The van der Waals surface area contributed by atoms with Gasteiger partial charge >= 0.3 is 0 Å². The van der Waals surface area contributed by atoms with Crippen molar-refractivity contribution in [3.8, 4) is 0 Å². The van der Waals surface area contributed by atoms with Crippen LogP contribution in [0, 0.1) is 6.92 Å². The molecule has 2 aromatic carbocycles. The number of fused-ring (bicyclic) bond motifs is 1. The lowest BCUT2D eigenvalue weighted by atomic mass is 10.2. The van der Waals surface area contributed by atoms with Crippen molar-refractivity contribution in [1.29, 1.82) is 0 Å². The van der Waals surface area contributed by atoms with Gasteiger partial charge in [-0.1, -0.05) is 48.5 Å². The molecule has 0 saturated carbocycles. The first kappa shape index (κ1) is 21.0. The number of para-hydroxylation sites is 1. The third-order valence-corrected chi connectivity index (χ3v) is 6.09. The van der Waals surface area contributed by atoms with Gasteiger partial charge in [0.25, 0.3) is 5.91 Å². The number of aryl methyl sites for hydroxylation is 1. The van der Waals surface area contributed by atoms with Gasteiger partial charge in [0.05, 0.1) is 11.9 Å². The van der Waals surface area contributed by atoms with E-state index in [4.69, 9.17) is 4.98 Å². The van der Waals surface area contributed by atoms with Crippen molar-refractivity contribution in [2.24, 2.45) is 0 Å². The SMILES string of the molecule is Cc1cn2nc(C(=O)N3CCN(c4ccccc4)CC3)cc2c(N(C)Cc2ccccc2)n1. The zero-order valence-electron chi connectivity index (χ0n) is 19.1. The van der Waals surface area contributed by atoms with Crippen LogP contribution in [0.1, 0.15) is 21.7 Å². The van der Waals surface area contributed by atoms with Crippen LogP contribution in [-0.2, 0) is 6.54 Å². The number of nitrogens with zero attached hydrogens (tertiary/aromatic N) is 6. The van der Waals surface area contributed by atoms with Crippen LogP contribution in [-0.4, -0.2) is 58.6 Å². The van der Waals surface area contributed by atoms with Gasteiger partial charge in [-0.3, -0.25) is 4.79 Å². The molecule has 1 aliphatic heterocycles. The third kappa shape index (κ3) is 4.39. The molecule has 4 aromatic rings. The van der Waals surface area contributed by atoms with E-state index in [-0.39, 0.29) is 5.91 Å². The molecule has 1 fully saturated rings. The van der Waals surface area contributed by atoms with Crippen LogP contribution < -0.4 is 9.80 Å². The summed E-state index contributed by atoms with van der Waals surface area (Å²) < 4.78 is 1.78. The second-order valence-electron chi connectivity index (χ2n) is 8.52. The lowest BCUT2D eigenvalue weighted by Crippen LogP contribution is -2.48. The first-order valence-corrected chi connectivity index (χ1v) is 11.3. The first-order chi connectivity index (χ1) is 16.1. The molecule has 168 valence electrons. The largest absolute Gasteiger partial charge is 0.368 e. The monoisotopic (exact) mass is 440 g/mol. The Morgan fingerprint density at radius 3 is 2.33 bits per heavy atom. The van der Waals surface area contributed by atoms with Gasteiger partial charge in [0.15, 0.2) is 11.5 Å². The Hall–Kier alpha value is -3.87. The zero-order chi connectivity index (χ0) is 22.8. The van der Waals surface area contributed by atoms with Crippen molar-refractivity contribution in [3.05, 3.63) is 89.9 Å². The second kappa shape index (κ2) is 8.94. The molecule has 7 nitrogen and oxygen atoms in total. The molecule has 0 atom stereocenters. The summed E-state index contributed by atoms with van der Waals surface area (Å²) in [4.78, 5) is 24.3. The number of hydrogen-bond donors (Lipinski definition) is 0. The molecule has 0 bridgehead atoms. The van der Waals surface area contributed by atoms with Gasteiger partial charge in [-0.2, -0.15) is 5.10 Å². The van der Waals surface area contributed by atoms with Crippen LogP contribution in [0.25, 0.3) is 5.52 Å². The molecule has 5 rings (SSSR count). The molecule has 0 spiro atoms. The topological polar surface area (TPSA) is 57.0 Å². The minimum absolute atomic E-state index is 0.0271. The Balaban J connectivity index is 1.35. The van der Waals surface area contributed by atoms with Gasteiger partial charge in [-0.15, -0.1) is 0 Å². The Labute approximate surface area is 193 Å². The van der Waals surface area contributed by atoms with E-state index < -0.39 is 0 Å². The maximum atomic E-state index is 13.3. The van der Waals surface area contributed by atoms with Crippen LogP contribution in [0.2, 0.25) is 0 Å². The molecule has 2 aromatic heterocycles. The van der Waals surface area contributed by atoms with Crippen molar-refractivity contribution >= 4 is 22.9 Å². The number of amides is 1. The fourth-order valence-corrected chi connectivity index (χ4v) is 4.38. The number of carbonyl (C=O) groups excluding carboxylic acids is 1. The highest BCUT2D eigenvalue weighted by atomic mass is 16.2. The Kier molecular flexibility index (Phi) is 5.69. The van der Waals surface area contributed by atoms with Crippen molar-refractivity contribution in [2.45, 2.75) is 13.5 Å². The van der Waals surface area contributed by atoms with E-state index in [2.05, 4.69) is 39.2 Å². The van der Waals surface area contributed by atoms with Gasteiger partial charge in [-0.05, 0) is 24.6 Å². The third-order valence-electron chi connectivity index (χ3n) is 6.09. The van der Waals surface area contributed by atoms with Crippen LogP contribution >= 0.6 is 0 Å². The number of aromatic nitrogens is 3. The highest BCUT2D eigenvalue weighted by molar-refractivity contribution is 5.94. The van der Waals surface area contributed by atoms with Crippen molar-refractivity contribution in [3.63, 3.8) is 0 Å². The Morgan fingerprint density at radius 2 is 1.64 bits per heavy atom. The maximum absolute atomic E-state index is 13.3. The molecule has 33 heavy (non-hydrogen) atoms. The van der Waals surface area contributed by atoms with Gasteiger partial charge in [-0.25, -0.2) is 9.50 Å².